The Labute approximate surface area is 123 Å². The van der Waals surface area contributed by atoms with E-state index in [0.29, 0.717) is 12.4 Å². The average molecular weight is 308 g/mol. The van der Waals surface area contributed by atoms with Crippen LogP contribution in [0.4, 0.5) is 0 Å². The average Bonchev–Trinajstić information content (AvgIpc) is 3.10. The Morgan fingerprint density at radius 1 is 1.24 bits per heavy atom. The molecule has 0 unspecified atom stereocenters. The summed E-state index contributed by atoms with van der Waals surface area (Å²) in [5, 5.41) is 3.82. The zero-order valence-corrected chi connectivity index (χ0v) is 12.3. The van der Waals surface area contributed by atoms with E-state index in [2.05, 4.69) is 10.1 Å². The summed E-state index contributed by atoms with van der Waals surface area (Å²) in [4.78, 5) is 4.14. The summed E-state index contributed by atoms with van der Waals surface area (Å²) < 4.78 is 34.6. The lowest BCUT2D eigenvalue weighted by Crippen LogP contribution is -2.21. The lowest BCUT2D eigenvalue weighted by atomic mass is 10.2. The molecule has 7 heteroatoms. The minimum atomic E-state index is -3.31. The number of nitrogens with zero attached hydrogens (tertiary/aromatic N) is 2. The molecule has 2 heterocycles. The molecular weight excluding hydrogens is 292 g/mol. The molecule has 112 valence electrons. The van der Waals surface area contributed by atoms with E-state index in [9.17, 15) is 8.42 Å². The Kier molecular flexibility index (Phi) is 4.03. The Morgan fingerprint density at radius 2 is 2.05 bits per heavy atom. The van der Waals surface area contributed by atoms with E-state index >= 15 is 0 Å². The predicted octanol–water partition coefficient (Wildman–Crippen LogP) is 1.83. The molecule has 1 aromatic heterocycles. The second-order valence-electron chi connectivity index (χ2n) is 5.07. The first-order chi connectivity index (χ1) is 10.1. The minimum absolute atomic E-state index is 0.00997. The van der Waals surface area contributed by atoms with Gasteiger partial charge in [0.05, 0.1) is 11.9 Å². The highest BCUT2D eigenvalue weighted by molar-refractivity contribution is 7.90. The van der Waals surface area contributed by atoms with Gasteiger partial charge in [-0.05, 0) is 12.8 Å². The fourth-order valence-electron chi connectivity index (χ4n) is 2.32. The molecule has 3 rings (SSSR count). The minimum Gasteiger partial charge on any atom is -0.377 e. The second-order valence-corrected chi connectivity index (χ2v) is 7.18. The first-order valence-corrected chi connectivity index (χ1v) is 8.64. The molecule has 1 aromatic carbocycles. The molecule has 1 saturated heterocycles. The predicted molar refractivity (Wildman–Crippen MR) is 76.2 cm³/mol. The SMILES string of the molecule is O=S(=O)(Cc1nc(-c2ccccc2)no1)C[C@H]1CCCO1. The lowest BCUT2D eigenvalue weighted by molar-refractivity contribution is 0.127. The normalized spacial score (nSPS) is 19.0. The smallest absolute Gasteiger partial charge is 0.242 e. The van der Waals surface area contributed by atoms with Gasteiger partial charge in [-0.25, -0.2) is 8.42 Å². The summed E-state index contributed by atoms with van der Waals surface area (Å²) >= 11 is 0. The van der Waals surface area contributed by atoms with Gasteiger partial charge in [0.25, 0.3) is 0 Å². The van der Waals surface area contributed by atoms with Crippen LogP contribution in [0.25, 0.3) is 11.4 Å². The van der Waals surface area contributed by atoms with Crippen molar-refractivity contribution >= 4 is 9.84 Å². The summed E-state index contributed by atoms with van der Waals surface area (Å²) in [6, 6.07) is 9.29. The van der Waals surface area contributed by atoms with Crippen molar-refractivity contribution in [2.45, 2.75) is 24.7 Å². The van der Waals surface area contributed by atoms with E-state index in [0.717, 1.165) is 18.4 Å². The Morgan fingerprint density at radius 3 is 2.76 bits per heavy atom. The maximum Gasteiger partial charge on any atom is 0.242 e. The van der Waals surface area contributed by atoms with Gasteiger partial charge in [0.1, 0.15) is 5.75 Å². The van der Waals surface area contributed by atoms with E-state index in [1.165, 1.54) is 0 Å². The molecule has 1 atom stereocenters. The summed E-state index contributed by atoms with van der Waals surface area (Å²) in [6.45, 7) is 0.638. The molecule has 0 spiro atoms. The topological polar surface area (TPSA) is 82.3 Å². The van der Waals surface area contributed by atoms with Crippen molar-refractivity contribution in [3.05, 3.63) is 36.2 Å². The Hall–Kier alpha value is -1.73. The summed E-state index contributed by atoms with van der Waals surface area (Å²) in [5.74, 6) is 0.285. The molecule has 6 nitrogen and oxygen atoms in total. The van der Waals surface area contributed by atoms with Crippen LogP contribution in [-0.2, 0) is 20.3 Å². The van der Waals surface area contributed by atoms with Gasteiger partial charge in [-0.15, -0.1) is 0 Å². The first-order valence-electron chi connectivity index (χ1n) is 6.82. The third kappa shape index (κ3) is 3.68. The molecule has 1 aliphatic rings. The number of hydrogen-bond acceptors (Lipinski definition) is 6. The van der Waals surface area contributed by atoms with Gasteiger partial charge in [0, 0.05) is 12.2 Å². The quantitative estimate of drug-likeness (QED) is 0.838. The standard InChI is InChI=1S/C14H16N2O4S/c17-21(18,9-12-7-4-8-19-12)10-13-15-14(16-20-13)11-5-2-1-3-6-11/h1-3,5-6,12H,4,7-10H2/t12-/m1/s1. The van der Waals surface area contributed by atoms with Gasteiger partial charge < -0.3 is 9.26 Å². The molecule has 1 fully saturated rings. The Balaban J connectivity index is 1.69. The molecule has 0 saturated carbocycles. The number of rotatable bonds is 5. The molecule has 0 amide bonds. The van der Waals surface area contributed by atoms with Crippen LogP contribution in [0.5, 0.6) is 0 Å². The van der Waals surface area contributed by atoms with Crippen LogP contribution >= 0.6 is 0 Å². The summed E-state index contributed by atoms with van der Waals surface area (Å²) in [5.41, 5.74) is 0.795. The number of hydrogen-bond donors (Lipinski definition) is 0. The highest BCUT2D eigenvalue weighted by Gasteiger charge is 2.25. The maximum atomic E-state index is 12.1. The molecule has 0 N–H and O–H groups in total. The Bertz CT molecular complexity index is 691. The van der Waals surface area contributed by atoms with Crippen LogP contribution in [0.15, 0.2) is 34.9 Å². The van der Waals surface area contributed by atoms with Crippen LogP contribution < -0.4 is 0 Å². The summed E-state index contributed by atoms with van der Waals surface area (Å²) in [6.07, 6.45) is 1.50. The summed E-state index contributed by atoms with van der Waals surface area (Å²) in [7, 11) is -3.31. The van der Waals surface area contributed by atoms with E-state index in [1.807, 2.05) is 30.3 Å². The monoisotopic (exact) mass is 308 g/mol. The van der Waals surface area contributed by atoms with Crippen molar-refractivity contribution in [1.82, 2.24) is 10.1 Å². The zero-order chi connectivity index (χ0) is 14.7. The largest absolute Gasteiger partial charge is 0.377 e. The fourth-order valence-corrected chi connectivity index (χ4v) is 3.76. The van der Waals surface area contributed by atoms with E-state index in [1.54, 1.807) is 0 Å². The van der Waals surface area contributed by atoms with Crippen LogP contribution in [0, 0.1) is 0 Å². The van der Waals surface area contributed by atoms with Crippen molar-refractivity contribution in [3.63, 3.8) is 0 Å². The molecule has 0 radical (unpaired) electrons. The van der Waals surface area contributed by atoms with Crippen molar-refractivity contribution in [2.75, 3.05) is 12.4 Å². The van der Waals surface area contributed by atoms with Crippen LogP contribution in [0.2, 0.25) is 0 Å². The highest BCUT2D eigenvalue weighted by atomic mass is 32.2. The number of aromatic nitrogens is 2. The molecule has 0 bridgehead atoms. The van der Waals surface area contributed by atoms with Crippen molar-refractivity contribution in [2.24, 2.45) is 0 Å². The maximum absolute atomic E-state index is 12.1. The fraction of sp³-hybridized carbons (Fsp3) is 0.429. The van der Waals surface area contributed by atoms with Gasteiger partial charge in [0.15, 0.2) is 9.84 Å². The molecule has 2 aromatic rings. The number of sulfone groups is 1. The van der Waals surface area contributed by atoms with Gasteiger partial charge in [-0.1, -0.05) is 35.5 Å². The molecular formula is C14H16N2O4S. The third-order valence-corrected chi connectivity index (χ3v) is 4.87. The van der Waals surface area contributed by atoms with E-state index < -0.39 is 9.84 Å². The van der Waals surface area contributed by atoms with Gasteiger partial charge >= 0.3 is 0 Å². The lowest BCUT2D eigenvalue weighted by Gasteiger charge is -2.08. The van der Waals surface area contributed by atoms with E-state index in [4.69, 9.17) is 9.26 Å². The van der Waals surface area contributed by atoms with Crippen LogP contribution in [0.3, 0.4) is 0 Å². The molecule has 21 heavy (non-hydrogen) atoms. The van der Waals surface area contributed by atoms with Gasteiger partial charge in [-0.2, -0.15) is 4.98 Å². The van der Waals surface area contributed by atoms with Gasteiger partial charge in [0.2, 0.25) is 11.7 Å². The first kappa shape index (κ1) is 14.2. The molecule has 0 aliphatic carbocycles. The highest BCUT2D eigenvalue weighted by Crippen LogP contribution is 2.18. The molecule has 1 aliphatic heterocycles. The second kappa shape index (κ2) is 5.95. The van der Waals surface area contributed by atoms with Gasteiger partial charge in [-0.3, -0.25) is 0 Å². The number of benzene rings is 1. The number of ether oxygens (including phenoxy) is 1. The van der Waals surface area contributed by atoms with Crippen molar-refractivity contribution in [1.29, 1.82) is 0 Å². The third-order valence-electron chi connectivity index (χ3n) is 3.31. The van der Waals surface area contributed by atoms with Crippen molar-refractivity contribution < 1.29 is 17.7 Å². The van der Waals surface area contributed by atoms with Crippen LogP contribution in [-0.4, -0.2) is 37.0 Å². The van der Waals surface area contributed by atoms with Crippen LogP contribution in [0.1, 0.15) is 18.7 Å². The zero-order valence-electron chi connectivity index (χ0n) is 11.4. The van der Waals surface area contributed by atoms with Crippen molar-refractivity contribution in [3.8, 4) is 11.4 Å². The van der Waals surface area contributed by atoms with E-state index in [-0.39, 0.29) is 23.5 Å².